The molecule has 0 saturated heterocycles. The number of para-hydroxylation sites is 1. The van der Waals surface area contributed by atoms with Crippen LogP contribution in [0.25, 0.3) is 11.0 Å². The summed E-state index contributed by atoms with van der Waals surface area (Å²) in [4.78, 5) is 14.1. The van der Waals surface area contributed by atoms with Crippen LogP contribution in [0, 0.1) is 6.92 Å². The lowest BCUT2D eigenvalue weighted by Gasteiger charge is -2.16. The normalized spacial score (nSPS) is 10.7. The van der Waals surface area contributed by atoms with E-state index in [0.29, 0.717) is 24.5 Å². The molecule has 0 aliphatic carbocycles. The van der Waals surface area contributed by atoms with Crippen molar-refractivity contribution in [1.29, 1.82) is 0 Å². The molecule has 1 heterocycles. The Balaban J connectivity index is 1.64. The Bertz CT molecular complexity index is 884. The highest BCUT2D eigenvalue weighted by atomic mass is 16.5. The third-order valence-electron chi connectivity index (χ3n) is 3.97. The molecule has 0 aliphatic rings. The van der Waals surface area contributed by atoms with Crippen LogP contribution in [0.15, 0.2) is 52.9 Å². The molecule has 0 aliphatic heterocycles. The molecule has 0 unspecified atom stereocenters. The molecular formula is C20H21NO4. The van der Waals surface area contributed by atoms with Crippen molar-refractivity contribution in [1.82, 2.24) is 4.90 Å². The van der Waals surface area contributed by atoms with Gasteiger partial charge >= 0.3 is 0 Å². The van der Waals surface area contributed by atoms with E-state index in [4.69, 9.17) is 13.9 Å². The zero-order chi connectivity index (χ0) is 17.8. The first-order valence-electron chi connectivity index (χ1n) is 8.10. The van der Waals surface area contributed by atoms with E-state index in [1.807, 2.05) is 43.3 Å². The number of likely N-dealkylation sites (N-methyl/N-ethyl adjacent to an activating group) is 1. The van der Waals surface area contributed by atoms with Gasteiger partial charge in [0.15, 0.2) is 17.1 Å². The van der Waals surface area contributed by atoms with Crippen molar-refractivity contribution in [2.45, 2.75) is 6.92 Å². The summed E-state index contributed by atoms with van der Waals surface area (Å²) < 4.78 is 16.7. The fourth-order valence-electron chi connectivity index (χ4n) is 2.60. The van der Waals surface area contributed by atoms with E-state index < -0.39 is 0 Å². The van der Waals surface area contributed by atoms with Gasteiger partial charge in [0.1, 0.15) is 12.4 Å². The number of furan rings is 1. The predicted molar refractivity (Wildman–Crippen MR) is 96.4 cm³/mol. The van der Waals surface area contributed by atoms with Crippen LogP contribution in [0.5, 0.6) is 11.5 Å². The van der Waals surface area contributed by atoms with Gasteiger partial charge in [0, 0.05) is 12.4 Å². The van der Waals surface area contributed by atoms with Gasteiger partial charge in [0.05, 0.1) is 13.7 Å². The Morgan fingerprint density at radius 3 is 2.72 bits per heavy atom. The van der Waals surface area contributed by atoms with Crippen molar-refractivity contribution < 1.29 is 18.7 Å². The molecule has 0 bridgehead atoms. The van der Waals surface area contributed by atoms with Crippen LogP contribution >= 0.6 is 0 Å². The summed E-state index contributed by atoms with van der Waals surface area (Å²) in [5, 5.41) is 0.840. The maximum Gasteiger partial charge on any atom is 0.289 e. The van der Waals surface area contributed by atoms with E-state index in [0.717, 1.165) is 16.7 Å². The highest BCUT2D eigenvalue weighted by molar-refractivity contribution is 5.97. The average molecular weight is 339 g/mol. The topological polar surface area (TPSA) is 51.9 Å². The molecule has 0 spiro atoms. The Kier molecular flexibility index (Phi) is 4.93. The second kappa shape index (κ2) is 7.30. The van der Waals surface area contributed by atoms with Crippen molar-refractivity contribution in [3.63, 3.8) is 0 Å². The highest BCUT2D eigenvalue weighted by Gasteiger charge is 2.18. The minimum absolute atomic E-state index is 0.189. The molecular weight excluding hydrogens is 318 g/mol. The molecule has 25 heavy (non-hydrogen) atoms. The maximum absolute atomic E-state index is 12.5. The van der Waals surface area contributed by atoms with Crippen molar-refractivity contribution in [3.05, 3.63) is 59.9 Å². The monoisotopic (exact) mass is 339 g/mol. The first-order valence-corrected chi connectivity index (χ1v) is 8.10. The van der Waals surface area contributed by atoms with Crippen molar-refractivity contribution in [2.24, 2.45) is 0 Å². The quantitative estimate of drug-likeness (QED) is 0.683. The van der Waals surface area contributed by atoms with Crippen LogP contribution in [-0.4, -0.2) is 38.1 Å². The summed E-state index contributed by atoms with van der Waals surface area (Å²) in [6.07, 6.45) is 0. The second-order valence-electron chi connectivity index (χ2n) is 5.88. The van der Waals surface area contributed by atoms with Gasteiger partial charge in [-0.3, -0.25) is 4.79 Å². The van der Waals surface area contributed by atoms with Crippen LogP contribution in [0.3, 0.4) is 0 Å². The number of benzene rings is 2. The zero-order valence-electron chi connectivity index (χ0n) is 14.6. The summed E-state index contributed by atoms with van der Waals surface area (Å²) in [7, 11) is 3.31. The maximum atomic E-state index is 12.5. The first kappa shape index (κ1) is 16.9. The molecule has 5 nitrogen and oxygen atoms in total. The van der Waals surface area contributed by atoms with Gasteiger partial charge in [-0.05, 0) is 36.8 Å². The third-order valence-corrected chi connectivity index (χ3v) is 3.97. The summed E-state index contributed by atoms with van der Waals surface area (Å²) in [6.45, 7) is 2.88. The fraction of sp³-hybridized carbons (Fsp3) is 0.250. The van der Waals surface area contributed by atoms with Gasteiger partial charge in [-0.1, -0.05) is 24.3 Å². The fourth-order valence-corrected chi connectivity index (χ4v) is 2.60. The Hall–Kier alpha value is -2.95. The number of hydrogen-bond acceptors (Lipinski definition) is 4. The molecule has 2 aromatic carbocycles. The summed E-state index contributed by atoms with van der Waals surface area (Å²) in [5.74, 6) is 1.51. The Labute approximate surface area is 146 Å². The van der Waals surface area contributed by atoms with E-state index in [1.54, 1.807) is 31.2 Å². The molecule has 5 heteroatoms. The third kappa shape index (κ3) is 3.76. The molecule has 0 radical (unpaired) electrons. The number of ether oxygens (including phenoxy) is 2. The number of fused-ring (bicyclic) bond motifs is 1. The van der Waals surface area contributed by atoms with Gasteiger partial charge < -0.3 is 18.8 Å². The number of nitrogens with zero attached hydrogens (tertiary/aromatic N) is 1. The second-order valence-corrected chi connectivity index (χ2v) is 5.88. The molecule has 130 valence electrons. The van der Waals surface area contributed by atoms with Gasteiger partial charge in [-0.15, -0.1) is 0 Å². The van der Waals surface area contributed by atoms with Crippen LogP contribution in [0.1, 0.15) is 16.1 Å². The molecule has 3 rings (SSSR count). The van der Waals surface area contributed by atoms with E-state index in [2.05, 4.69) is 0 Å². The highest BCUT2D eigenvalue weighted by Crippen LogP contribution is 2.28. The van der Waals surface area contributed by atoms with Crippen molar-refractivity contribution in [3.8, 4) is 11.5 Å². The molecule has 0 N–H and O–H groups in total. The van der Waals surface area contributed by atoms with Crippen molar-refractivity contribution >= 4 is 16.9 Å². The number of carbonyl (C=O) groups excluding carboxylic acids is 1. The number of aryl methyl sites for hydroxylation is 1. The van der Waals surface area contributed by atoms with Gasteiger partial charge in [0.2, 0.25) is 0 Å². The SMILES string of the molecule is COc1cccc2cc(C(=O)N(C)CCOc3cccc(C)c3)oc12. The first-order chi connectivity index (χ1) is 12.1. The molecule has 3 aromatic rings. The van der Waals surface area contributed by atoms with Crippen LogP contribution in [0.4, 0.5) is 0 Å². The average Bonchev–Trinajstić information content (AvgIpc) is 3.05. The lowest BCUT2D eigenvalue weighted by molar-refractivity contribution is 0.0744. The van der Waals surface area contributed by atoms with Crippen LogP contribution < -0.4 is 9.47 Å². The summed E-state index contributed by atoms with van der Waals surface area (Å²) >= 11 is 0. The van der Waals surface area contributed by atoms with Gasteiger partial charge in [0.25, 0.3) is 5.91 Å². The van der Waals surface area contributed by atoms with E-state index in [1.165, 1.54) is 0 Å². The zero-order valence-corrected chi connectivity index (χ0v) is 14.6. The Morgan fingerprint density at radius 1 is 1.16 bits per heavy atom. The largest absolute Gasteiger partial charge is 0.493 e. The summed E-state index contributed by atoms with van der Waals surface area (Å²) in [6, 6.07) is 15.1. The van der Waals surface area contributed by atoms with E-state index in [-0.39, 0.29) is 11.7 Å². The minimum atomic E-state index is -0.189. The predicted octanol–water partition coefficient (Wildman–Crippen LogP) is 3.90. The smallest absolute Gasteiger partial charge is 0.289 e. The van der Waals surface area contributed by atoms with Gasteiger partial charge in [-0.2, -0.15) is 0 Å². The number of methoxy groups -OCH3 is 1. The van der Waals surface area contributed by atoms with Gasteiger partial charge in [-0.25, -0.2) is 0 Å². The lowest BCUT2D eigenvalue weighted by Crippen LogP contribution is -2.30. The van der Waals surface area contributed by atoms with E-state index in [9.17, 15) is 4.79 Å². The number of hydrogen-bond donors (Lipinski definition) is 0. The van der Waals surface area contributed by atoms with Crippen molar-refractivity contribution in [2.75, 3.05) is 27.3 Å². The number of carbonyl (C=O) groups is 1. The van der Waals surface area contributed by atoms with Crippen LogP contribution in [-0.2, 0) is 0 Å². The molecule has 1 amide bonds. The molecule has 0 saturated carbocycles. The minimum Gasteiger partial charge on any atom is -0.493 e. The lowest BCUT2D eigenvalue weighted by atomic mass is 10.2. The number of rotatable bonds is 6. The summed E-state index contributed by atoms with van der Waals surface area (Å²) in [5.41, 5.74) is 1.72. The molecule has 1 aromatic heterocycles. The number of amides is 1. The van der Waals surface area contributed by atoms with Crippen LogP contribution in [0.2, 0.25) is 0 Å². The molecule has 0 fully saturated rings. The molecule has 0 atom stereocenters. The Morgan fingerprint density at radius 2 is 1.96 bits per heavy atom. The standard InChI is InChI=1S/C20H21NO4/c1-14-6-4-8-16(12-14)24-11-10-21(2)20(22)18-13-15-7-5-9-17(23-3)19(15)25-18/h4-9,12-13H,10-11H2,1-3H3. The van der Waals surface area contributed by atoms with E-state index >= 15 is 0 Å².